The molecular formula is C27H20FNO4SU. The summed E-state index contributed by atoms with van der Waals surface area (Å²) in [7, 11) is 2.95. The van der Waals surface area contributed by atoms with Gasteiger partial charge in [0, 0.05) is 17.7 Å². The summed E-state index contributed by atoms with van der Waals surface area (Å²) < 4.78 is 25.7. The van der Waals surface area contributed by atoms with Crippen LogP contribution in [-0.2, 0) is 16.1 Å². The number of hydrogen-bond donors (Lipinski definition) is 0. The Balaban J connectivity index is 0.00000342. The van der Waals surface area contributed by atoms with E-state index in [1.165, 1.54) is 19.2 Å². The number of carbonyl (C=O) groups excluding carboxylic acids is 1. The zero-order valence-electron chi connectivity index (χ0n) is 19.0. The molecule has 174 valence electrons. The van der Waals surface area contributed by atoms with Gasteiger partial charge >= 0.3 is 31.1 Å². The van der Waals surface area contributed by atoms with Crippen LogP contribution in [0.5, 0.6) is 5.75 Å². The van der Waals surface area contributed by atoms with Gasteiger partial charge in [-0.05, 0) is 51.9 Å². The van der Waals surface area contributed by atoms with Gasteiger partial charge in [-0.15, -0.1) is 29.3 Å². The molecule has 0 amide bonds. The fraction of sp³-hybridized carbons (Fsp3) is 0.111. The third kappa shape index (κ3) is 6.08. The van der Waals surface area contributed by atoms with Crippen molar-refractivity contribution >= 4 is 34.7 Å². The predicted molar refractivity (Wildman–Crippen MR) is 131 cm³/mol. The molecular weight excluding hydrogens is 691 g/mol. The van der Waals surface area contributed by atoms with E-state index in [1.54, 1.807) is 42.0 Å². The molecule has 0 atom stereocenters. The molecule has 0 aliphatic rings. The summed E-state index contributed by atoms with van der Waals surface area (Å²) in [4.78, 5) is 26.4. The van der Waals surface area contributed by atoms with Crippen molar-refractivity contribution in [1.82, 2.24) is 4.57 Å². The largest absolute Gasteiger partial charge is 2.00 e. The number of allylic oxidation sites excluding steroid dienone is 1. The molecule has 0 radical (unpaired) electrons. The van der Waals surface area contributed by atoms with Gasteiger partial charge in [-0.3, -0.25) is 0 Å². The molecule has 0 bridgehead atoms. The minimum atomic E-state index is -0.390. The number of nitrogens with zero attached hydrogens (tertiary/aromatic N) is 1. The minimum absolute atomic E-state index is 0. The Labute approximate surface area is 230 Å². The second kappa shape index (κ2) is 12.3. The van der Waals surface area contributed by atoms with E-state index in [2.05, 4.69) is 6.07 Å². The van der Waals surface area contributed by atoms with Gasteiger partial charge in [-0.2, -0.15) is 0 Å². The van der Waals surface area contributed by atoms with E-state index in [0.717, 1.165) is 22.2 Å². The third-order valence-corrected chi connectivity index (χ3v) is 6.12. The number of hydrogen-bond acceptors (Lipinski definition) is 5. The number of rotatable bonds is 8. The first-order valence-electron chi connectivity index (χ1n) is 10.3. The van der Waals surface area contributed by atoms with Crippen LogP contribution in [0, 0.1) is 43.0 Å². The van der Waals surface area contributed by atoms with E-state index >= 15 is 0 Å². The molecule has 8 heteroatoms. The van der Waals surface area contributed by atoms with Crippen LogP contribution < -0.4 is 10.3 Å². The van der Waals surface area contributed by atoms with E-state index in [1.807, 2.05) is 36.6 Å². The van der Waals surface area contributed by atoms with Gasteiger partial charge in [-0.1, -0.05) is 36.4 Å². The second-order valence-corrected chi connectivity index (χ2v) is 8.36. The van der Waals surface area contributed by atoms with Gasteiger partial charge in [0.1, 0.15) is 11.6 Å². The molecule has 0 saturated carbocycles. The zero-order valence-corrected chi connectivity index (χ0v) is 24.0. The van der Waals surface area contributed by atoms with Gasteiger partial charge < -0.3 is 23.6 Å². The zero-order chi connectivity index (χ0) is 24.1. The van der Waals surface area contributed by atoms with Crippen molar-refractivity contribution in [3.05, 3.63) is 111 Å². The smallest absolute Gasteiger partial charge is 0.531 e. The Morgan fingerprint density at radius 1 is 1.06 bits per heavy atom. The van der Waals surface area contributed by atoms with Crippen molar-refractivity contribution in [2.45, 2.75) is 11.4 Å². The number of pyridine rings is 1. The summed E-state index contributed by atoms with van der Waals surface area (Å²) >= 11 is 1.11. The summed E-state index contributed by atoms with van der Waals surface area (Å²) in [6, 6.07) is 23.5. The van der Waals surface area contributed by atoms with Crippen LogP contribution in [0.4, 0.5) is 4.39 Å². The van der Waals surface area contributed by atoms with Crippen LogP contribution in [0.25, 0.3) is 16.7 Å². The molecule has 35 heavy (non-hydrogen) atoms. The minimum Gasteiger partial charge on any atom is -0.531 e. The van der Waals surface area contributed by atoms with Crippen LogP contribution in [0.15, 0.2) is 87.4 Å². The van der Waals surface area contributed by atoms with E-state index < -0.39 is 0 Å². The molecule has 1 aromatic heterocycles. The van der Waals surface area contributed by atoms with Crippen molar-refractivity contribution in [3.63, 3.8) is 0 Å². The predicted octanol–water partition coefficient (Wildman–Crippen LogP) is 5.21. The third-order valence-electron chi connectivity index (χ3n) is 5.16. The Hall–Kier alpha value is -2.79. The van der Waals surface area contributed by atoms with E-state index in [4.69, 9.17) is 9.47 Å². The molecule has 0 spiro atoms. The van der Waals surface area contributed by atoms with Crippen molar-refractivity contribution in [2.24, 2.45) is 0 Å². The van der Waals surface area contributed by atoms with E-state index in [-0.39, 0.29) is 65.3 Å². The number of aromatic nitrogens is 1. The van der Waals surface area contributed by atoms with Crippen LogP contribution >= 0.6 is 11.8 Å². The molecule has 0 saturated heterocycles. The summed E-state index contributed by atoms with van der Waals surface area (Å²) in [5.41, 5.74) is 1.13. The number of benzene rings is 3. The molecule has 0 aliphatic carbocycles. The monoisotopic (exact) mass is 711 g/mol. The van der Waals surface area contributed by atoms with Crippen molar-refractivity contribution in [1.29, 1.82) is 0 Å². The SMILES string of the molecule is COC(=C([C-]=O)Sc1cccc(OC)c1)c1[c-]c2ccccc2n(Cc2ccc(F)cc2)c1=O.[U+2]. The maximum atomic E-state index is 13.6. The number of halogens is 1. The molecule has 0 N–H and O–H groups in total. The fourth-order valence-electron chi connectivity index (χ4n) is 3.53. The molecule has 4 rings (SSSR count). The average Bonchev–Trinajstić information content (AvgIpc) is 2.87. The summed E-state index contributed by atoms with van der Waals surface area (Å²) in [5, 5.41) is 0.672. The summed E-state index contributed by atoms with van der Waals surface area (Å²) in [6.45, 7) is 0.210. The van der Waals surface area contributed by atoms with Gasteiger partial charge in [0.05, 0.1) is 20.0 Å². The number of fused-ring (bicyclic) bond motifs is 1. The van der Waals surface area contributed by atoms with Crippen molar-refractivity contribution < 1.29 is 49.8 Å². The standard InChI is InChI=1S/C27H20FNO4S.U/c1-32-21-7-5-8-22(15-21)34-25(17-30)26(33-2)23-14-19-6-3-4-9-24(19)29(27(23)31)16-18-10-12-20(28)13-11-18;/h3-13,15H,16H2,1-2H3;/q-2;+2. The van der Waals surface area contributed by atoms with Crippen LogP contribution in [0.1, 0.15) is 11.1 Å². The van der Waals surface area contributed by atoms with Crippen LogP contribution in [-0.4, -0.2) is 25.1 Å². The number of thioether (sulfide) groups is 1. The maximum Gasteiger partial charge on any atom is 2.00 e. The molecule has 0 fully saturated rings. The average molecular weight is 712 g/mol. The Morgan fingerprint density at radius 3 is 2.49 bits per heavy atom. The molecule has 0 unspecified atom stereocenters. The topological polar surface area (TPSA) is 57.5 Å². The van der Waals surface area contributed by atoms with Gasteiger partial charge in [0.15, 0.2) is 5.56 Å². The number of ether oxygens (including phenoxy) is 2. The first-order chi connectivity index (χ1) is 16.5. The quantitative estimate of drug-likeness (QED) is 0.109. The first kappa shape index (κ1) is 26.8. The Bertz CT molecular complexity index is 1430. The van der Waals surface area contributed by atoms with E-state index in [0.29, 0.717) is 16.7 Å². The summed E-state index contributed by atoms with van der Waals surface area (Å²) in [5.74, 6) is 0.355. The normalized spacial score (nSPS) is 11.4. The molecule has 0 aliphatic heterocycles. The van der Waals surface area contributed by atoms with Gasteiger partial charge in [0.25, 0.3) is 0 Å². The van der Waals surface area contributed by atoms with Gasteiger partial charge in [0.2, 0.25) is 0 Å². The number of para-hydroxylation sites is 1. The van der Waals surface area contributed by atoms with Crippen molar-refractivity contribution in [2.75, 3.05) is 14.2 Å². The first-order valence-corrected chi connectivity index (χ1v) is 11.1. The second-order valence-electron chi connectivity index (χ2n) is 7.28. The Morgan fingerprint density at radius 2 is 1.80 bits per heavy atom. The number of methoxy groups -OCH3 is 2. The van der Waals surface area contributed by atoms with Gasteiger partial charge in [-0.25, -0.2) is 4.39 Å². The van der Waals surface area contributed by atoms with Crippen molar-refractivity contribution in [3.8, 4) is 5.75 Å². The molecule has 4 aromatic rings. The van der Waals surface area contributed by atoms with Crippen LogP contribution in [0.3, 0.4) is 0 Å². The molecule has 5 nitrogen and oxygen atoms in total. The van der Waals surface area contributed by atoms with E-state index in [9.17, 15) is 14.0 Å². The summed E-state index contributed by atoms with van der Waals surface area (Å²) in [6.07, 6.45) is 1.91. The maximum absolute atomic E-state index is 13.6. The molecule has 1 heterocycles. The Kier molecular flexibility index (Phi) is 9.39. The molecule has 3 aromatic carbocycles. The fourth-order valence-corrected chi connectivity index (χ4v) is 4.41. The van der Waals surface area contributed by atoms with Crippen LogP contribution in [0.2, 0.25) is 0 Å².